The summed E-state index contributed by atoms with van der Waals surface area (Å²) in [5, 5.41) is 1.71. The number of hydrogen-bond acceptors (Lipinski definition) is 5. The largest absolute Gasteiger partial charge is 0.376 e. The highest BCUT2D eigenvalue weighted by Gasteiger charge is 2.26. The fraction of sp³-hybridized carbons (Fsp3) is 0.647. The lowest BCUT2D eigenvalue weighted by Gasteiger charge is -2.18. The monoisotopic (exact) mass is 350 g/mol. The van der Waals surface area contributed by atoms with Crippen LogP contribution in [0.15, 0.2) is 9.95 Å². The maximum Gasteiger partial charge on any atom is 0.263 e. The van der Waals surface area contributed by atoms with Crippen molar-refractivity contribution in [3.63, 3.8) is 0 Å². The fourth-order valence-corrected chi connectivity index (χ4v) is 5.70. The van der Waals surface area contributed by atoms with Crippen LogP contribution in [0.3, 0.4) is 0 Å². The Kier molecular flexibility index (Phi) is 4.24. The standard InChI is InChI=1S/C17H22N2O2S2/c1-10-5-6-12-13(8-10)23-15-14(12)16(20)19(17(18-15)22-2)9-11-4-3-7-21-11/h10-11H,3-9H2,1-2H3. The quantitative estimate of drug-likeness (QED) is 0.628. The molecule has 1 fully saturated rings. The van der Waals surface area contributed by atoms with E-state index >= 15 is 0 Å². The van der Waals surface area contributed by atoms with Crippen molar-refractivity contribution in [2.75, 3.05) is 12.9 Å². The van der Waals surface area contributed by atoms with Crippen molar-refractivity contribution in [2.45, 2.75) is 56.8 Å². The molecule has 2 unspecified atom stereocenters. The van der Waals surface area contributed by atoms with Crippen LogP contribution >= 0.6 is 23.1 Å². The molecule has 0 bridgehead atoms. The second kappa shape index (κ2) is 6.22. The van der Waals surface area contributed by atoms with Gasteiger partial charge in [0.2, 0.25) is 0 Å². The predicted octanol–water partition coefficient (Wildman–Crippen LogP) is 3.48. The van der Waals surface area contributed by atoms with Crippen LogP contribution in [0.5, 0.6) is 0 Å². The van der Waals surface area contributed by atoms with Crippen molar-refractivity contribution in [1.29, 1.82) is 0 Å². The summed E-state index contributed by atoms with van der Waals surface area (Å²) in [5.74, 6) is 0.713. The topological polar surface area (TPSA) is 44.1 Å². The first-order valence-electron chi connectivity index (χ1n) is 8.38. The minimum atomic E-state index is 0.141. The van der Waals surface area contributed by atoms with E-state index in [4.69, 9.17) is 9.72 Å². The molecule has 2 aromatic rings. The molecule has 23 heavy (non-hydrogen) atoms. The number of aryl methyl sites for hydroxylation is 1. The van der Waals surface area contributed by atoms with E-state index in [9.17, 15) is 4.79 Å². The first-order chi connectivity index (χ1) is 11.2. The number of ether oxygens (including phenoxy) is 1. The molecule has 0 amide bonds. The second-order valence-electron chi connectivity index (χ2n) is 6.68. The molecule has 4 nitrogen and oxygen atoms in total. The van der Waals surface area contributed by atoms with E-state index in [0.717, 1.165) is 47.7 Å². The van der Waals surface area contributed by atoms with Gasteiger partial charge in [0.15, 0.2) is 5.16 Å². The lowest BCUT2D eigenvalue weighted by atomic mass is 9.89. The Morgan fingerprint density at radius 1 is 1.43 bits per heavy atom. The summed E-state index contributed by atoms with van der Waals surface area (Å²) < 4.78 is 7.59. The number of nitrogens with zero attached hydrogens (tertiary/aromatic N) is 2. The Hall–Kier alpha value is -0.850. The van der Waals surface area contributed by atoms with Gasteiger partial charge in [-0.3, -0.25) is 9.36 Å². The number of hydrogen-bond donors (Lipinski definition) is 0. The van der Waals surface area contributed by atoms with E-state index in [-0.39, 0.29) is 11.7 Å². The van der Waals surface area contributed by atoms with Crippen molar-refractivity contribution < 1.29 is 4.74 Å². The van der Waals surface area contributed by atoms with Crippen molar-refractivity contribution in [3.05, 3.63) is 20.8 Å². The highest BCUT2D eigenvalue weighted by molar-refractivity contribution is 7.98. The average molecular weight is 351 g/mol. The normalized spacial score (nSPS) is 24.3. The molecule has 0 saturated carbocycles. The Balaban J connectivity index is 1.85. The molecule has 3 heterocycles. The molecule has 4 rings (SSSR count). The van der Waals surface area contributed by atoms with Crippen LogP contribution in [0.25, 0.3) is 10.2 Å². The van der Waals surface area contributed by atoms with E-state index in [0.29, 0.717) is 12.5 Å². The number of rotatable bonds is 3. The minimum Gasteiger partial charge on any atom is -0.376 e. The fourth-order valence-electron chi connectivity index (χ4n) is 3.71. The summed E-state index contributed by atoms with van der Waals surface area (Å²) in [4.78, 5) is 20.3. The molecule has 124 valence electrons. The number of thioether (sulfide) groups is 1. The van der Waals surface area contributed by atoms with E-state index in [2.05, 4.69) is 6.92 Å². The van der Waals surface area contributed by atoms with Crippen LogP contribution in [-0.4, -0.2) is 28.5 Å². The summed E-state index contributed by atoms with van der Waals surface area (Å²) in [6.45, 7) is 3.75. The molecule has 0 N–H and O–H groups in total. The molecule has 0 aromatic carbocycles. The van der Waals surface area contributed by atoms with Crippen molar-refractivity contribution in [2.24, 2.45) is 5.92 Å². The lowest BCUT2D eigenvalue weighted by Crippen LogP contribution is -2.29. The third-order valence-electron chi connectivity index (χ3n) is 4.97. The zero-order valence-corrected chi connectivity index (χ0v) is 15.3. The van der Waals surface area contributed by atoms with Crippen molar-refractivity contribution in [1.82, 2.24) is 9.55 Å². The van der Waals surface area contributed by atoms with Crippen LogP contribution in [-0.2, 0) is 24.1 Å². The molecular weight excluding hydrogens is 328 g/mol. The van der Waals surface area contributed by atoms with E-state index in [1.807, 2.05) is 10.8 Å². The smallest absolute Gasteiger partial charge is 0.263 e. The Bertz CT molecular complexity index is 790. The van der Waals surface area contributed by atoms with Gasteiger partial charge >= 0.3 is 0 Å². The first-order valence-corrected chi connectivity index (χ1v) is 10.4. The van der Waals surface area contributed by atoms with Gasteiger partial charge in [0.1, 0.15) is 4.83 Å². The van der Waals surface area contributed by atoms with Gasteiger partial charge in [0.05, 0.1) is 18.0 Å². The van der Waals surface area contributed by atoms with Crippen molar-refractivity contribution in [3.8, 4) is 0 Å². The van der Waals surface area contributed by atoms with Crippen LogP contribution in [0, 0.1) is 5.92 Å². The molecule has 1 saturated heterocycles. The number of thiophene rings is 1. The second-order valence-corrected chi connectivity index (χ2v) is 8.54. The van der Waals surface area contributed by atoms with E-state index in [1.165, 1.54) is 16.9 Å². The van der Waals surface area contributed by atoms with Gasteiger partial charge in [0, 0.05) is 11.5 Å². The summed E-state index contributed by atoms with van der Waals surface area (Å²) in [7, 11) is 0. The molecular formula is C17H22N2O2S2. The van der Waals surface area contributed by atoms with Crippen molar-refractivity contribution >= 4 is 33.3 Å². The molecule has 0 radical (unpaired) electrons. The summed E-state index contributed by atoms with van der Waals surface area (Å²) in [6.07, 6.45) is 7.57. The van der Waals surface area contributed by atoms with Crippen LogP contribution in [0.4, 0.5) is 0 Å². The van der Waals surface area contributed by atoms with Gasteiger partial charge in [0.25, 0.3) is 5.56 Å². The molecule has 6 heteroatoms. The Morgan fingerprint density at radius 2 is 2.30 bits per heavy atom. The van der Waals surface area contributed by atoms with Crippen LogP contribution < -0.4 is 5.56 Å². The van der Waals surface area contributed by atoms with Crippen LogP contribution in [0.2, 0.25) is 0 Å². The maximum atomic E-state index is 13.2. The predicted molar refractivity (Wildman–Crippen MR) is 95.8 cm³/mol. The molecule has 2 aliphatic rings. The SMILES string of the molecule is CSc1nc2sc3c(c2c(=O)n1CC1CCCO1)CCC(C)C3. The summed E-state index contributed by atoms with van der Waals surface area (Å²) in [6, 6.07) is 0. The van der Waals surface area contributed by atoms with Gasteiger partial charge in [-0.25, -0.2) is 4.98 Å². The molecule has 1 aliphatic carbocycles. The number of aromatic nitrogens is 2. The van der Waals surface area contributed by atoms with E-state index < -0.39 is 0 Å². The third kappa shape index (κ3) is 2.75. The van der Waals surface area contributed by atoms with E-state index in [1.54, 1.807) is 23.1 Å². The third-order valence-corrected chi connectivity index (χ3v) is 6.80. The van der Waals surface area contributed by atoms with Gasteiger partial charge in [-0.05, 0) is 49.8 Å². The molecule has 1 aliphatic heterocycles. The molecule has 0 spiro atoms. The highest BCUT2D eigenvalue weighted by Crippen LogP contribution is 2.36. The molecule has 2 aromatic heterocycles. The lowest BCUT2D eigenvalue weighted by molar-refractivity contribution is 0.0937. The maximum absolute atomic E-state index is 13.2. The highest BCUT2D eigenvalue weighted by atomic mass is 32.2. The summed E-state index contributed by atoms with van der Waals surface area (Å²) >= 11 is 3.29. The first kappa shape index (κ1) is 15.7. The molecule has 2 atom stereocenters. The zero-order valence-electron chi connectivity index (χ0n) is 13.6. The number of fused-ring (bicyclic) bond motifs is 3. The van der Waals surface area contributed by atoms with Crippen LogP contribution in [0.1, 0.15) is 36.6 Å². The Labute approximate surface area is 144 Å². The average Bonchev–Trinajstić information content (AvgIpc) is 3.16. The van der Waals surface area contributed by atoms with Gasteiger partial charge in [-0.15, -0.1) is 11.3 Å². The summed E-state index contributed by atoms with van der Waals surface area (Å²) in [5.41, 5.74) is 1.41. The van der Waals surface area contributed by atoms with Gasteiger partial charge in [-0.1, -0.05) is 18.7 Å². The minimum absolute atomic E-state index is 0.141. The van der Waals surface area contributed by atoms with Gasteiger partial charge in [-0.2, -0.15) is 0 Å². The zero-order chi connectivity index (χ0) is 16.0. The Morgan fingerprint density at radius 3 is 3.04 bits per heavy atom. The van der Waals surface area contributed by atoms with Gasteiger partial charge < -0.3 is 4.74 Å².